The van der Waals surface area contributed by atoms with E-state index >= 15 is 0 Å². The summed E-state index contributed by atoms with van der Waals surface area (Å²) in [4.78, 5) is 0. The van der Waals surface area contributed by atoms with Crippen LogP contribution in [0.4, 0.5) is 0 Å². The van der Waals surface area contributed by atoms with Crippen molar-refractivity contribution in [2.45, 2.75) is 40.0 Å². The summed E-state index contributed by atoms with van der Waals surface area (Å²) in [5, 5.41) is 0. The third kappa shape index (κ3) is 4.23. The molecule has 0 fully saturated rings. The molecule has 0 saturated carbocycles. The quantitative estimate of drug-likeness (QED) is 0.633. The Bertz CT molecular complexity index is 422. The van der Waals surface area contributed by atoms with Crippen LogP contribution in [0.5, 0.6) is 0 Å². The number of hydrogen-bond donors (Lipinski definition) is 0. The fourth-order valence-corrected chi connectivity index (χ4v) is 2.19. The number of allylic oxidation sites excluding steroid dienone is 1. The van der Waals surface area contributed by atoms with Crippen molar-refractivity contribution in [3.05, 3.63) is 40.0 Å². The molecule has 0 amide bonds. The van der Waals surface area contributed by atoms with Gasteiger partial charge >= 0.3 is 37.9 Å². The molecule has 0 nitrogen and oxygen atoms in total. The van der Waals surface area contributed by atoms with Gasteiger partial charge in [0.05, 0.1) is 0 Å². The van der Waals surface area contributed by atoms with Crippen LogP contribution in [0.2, 0.25) is 0 Å². The molecular weight excluding hydrogens is 330 g/mol. The Morgan fingerprint density at radius 3 is 2.29 bits per heavy atom. The molecular formula is C14H18Cl2Zr. The number of fused-ring (bicyclic) bond motifs is 1. The van der Waals surface area contributed by atoms with Crippen LogP contribution in [0.3, 0.4) is 0 Å². The SMILES string of the molecule is CC1=Cc2c(C)cc(C(C)C)cc2C1.[Cl][Zr][Cl]. The molecule has 1 aliphatic rings. The first-order valence-electron chi connectivity index (χ1n) is 5.76. The van der Waals surface area contributed by atoms with Gasteiger partial charge in [-0.1, -0.05) is 37.6 Å². The molecule has 1 aliphatic carbocycles. The summed E-state index contributed by atoms with van der Waals surface area (Å²) < 4.78 is 0. The second-order valence-electron chi connectivity index (χ2n) is 4.80. The summed E-state index contributed by atoms with van der Waals surface area (Å²) >= 11 is -0.826. The number of aryl methyl sites for hydroxylation is 1. The third-order valence-corrected chi connectivity index (χ3v) is 3.02. The van der Waals surface area contributed by atoms with E-state index in [0.717, 1.165) is 6.42 Å². The number of hydrogen-bond acceptors (Lipinski definition) is 0. The van der Waals surface area contributed by atoms with Crippen molar-refractivity contribution < 1.29 is 20.8 Å². The van der Waals surface area contributed by atoms with Gasteiger partial charge in [0, 0.05) is 0 Å². The van der Waals surface area contributed by atoms with Gasteiger partial charge in [0.25, 0.3) is 0 Å². The van der Waals surface area contributed by atoms with E-state index in [9.17, 15) is 0 Å². The molecule has 0 atom stereocenters. The molecule has 0 aliphatic heterocycles. The first-order valence-corrected chi connectivity index (χ1v) is 12.1. The van der Waals surface area contributed by atoms with Crippen molar-refractivity contribution in [1.82, 2.24) is 0 Å². The number of halogens is 2. The molecule has 0 bridgehead atoms. The van der Waals surface area contributed by atoms with Gasteiger partial charge in [0.1, 0.15) is 0 Å². The molecule has 0 heterocycles. The molecule has 0 saturated heterocycles. The Labute approximate surface area is 123 Å². The molecule has 2 rings (SSSR count). The molecule has 17 heavy (non-hydrogen) atoms. The first kappa shape index (κ1) is 15.5. The Morgan fingerprint density at radius 1 is 1.18 bits per heavy atom. The van der Waals surface area contributed by atoms with E-state index in [1.54, 1.807) is 0 Å². The van der Waals surface area contributed by atoms with Crippen LogP contribution in [0.15, 0.2) is 17.7 Å². The summed E-state index contributed by atoms with van der Waals surface area (Å²) in [6.07, 6.45) is 3.48. The molecule has 1 aromatic carbocycles. The Morgan fingerprint density at radius 2 is 1.76 bits per heavy atom. The molecule has 0 spiro atoms. The van der Waals surface area contributed by atoms with Crippen LogP contribution < -0.4 is 0 Å². The fraction of sp³-hybridized carbons (Fsp3) is 0.429. The molecule has 3 heteroatoms. The number of benzene rings is 1. The van der Waals surface area contributed by atoms with Gasteiger partial charge in [-0.3, -0.25) is 0 Å². The summed E-state index contributed by atoms with van der Waals surface area (Å²) in [6, 6.07) is 4.71. The van der Waals surface area contributed by atoms with Crippen LogP contribution >= 0.6 is 17.0 Å². The zero-order chi connectivity index (χ0) is 13.0. The van der Waals surface area contributed by atoms with E-state index < -0.39 is 20.8 Å². The van der Waals surface area contributed by atoms with E-state index in [0.29, 0.717) is 5.92 Å². The molecule has 0 N–H and O–H groups in total. The minimum absolute atomic E-state index is 0.639. The van der Waals surface area contributed by atoms with Crippen molar-refractivity contribution in [3.8, 4) is 0 Å². The summed E-state index contributed by atoms with van der Waals surface area (Å²) in [5.41, 5.74) is 7.38. The second-order valence-corrected chi connectivity index (χ2v) is 8.54. The van der Waals surface area contributed by atoms with Gasteiger partial charge in [-0.2, -0.15) is 0 Å². The predicted molar refractivity (Wildman–Crippen MR) is 74.3 cm³/mol. The third-order valence-electron chi connectivity index (χ3n) is 3.02. The second kappa shape index (κ2) is 7.12. The van der Waals surface area contributed by atoms with E-state index in [4.69, 9.17) is 17.0 Å². The van der Waals surface area contributed by atoms with Crippen molar-refractivity contribution >= 4 is 23.1 Å². The van der Waals surface area contributed by atoms with Crippen molar-refractivity contribution in [2.75, 3.05) is 0 Å². The van der Waals surface area contributed by atoms with Crippen molar-refractivity contribution in [3.63, 3.8) is 0 Å². The van der Waals surface area contributed by atoms with Crippen LogP contribution in [-0.2, 0) is 27.3 Å². The fourth-order valence-electron chi connectivity index (χ4n) is 2.19. The van der Waals surface area contributed by atoms with E-state index in [-0.39, 0.29) is 0 Å². The van der Waals surface area contributed by atoms with Crippen molar-refractivity contribution in [1.29, 1.82) is 0 Å². The van der Waals surface area contributed by atoms with Crippen LogP contribution in [0.1, 0.15) is 48.9 Å². The maximum absolute atomic E-state index is 4.93. The topological polar surface area (TPSA) is 0 Å². The van der Waals surface area contributed by atoms with Crippen LogP contribution in [0.25, 0.3) is 6.08 Å². The van der Waals surface area contributed by atoms with Gasteiger partial charge in [-0.15, -0.1) is 0 Å². The summed E-state index contributed by atoms with van der Waals surface area (Å²) in [5.74, 6) is 0.639. The van der Waals surface area contributed by atoms with Crippen LogP contribution in [0, 0.1) is 6.92 Å². The summed E-state index contributed by atoms with van der Waals surface area (Å²) in [7, 11) is 9.87. The van der Waals surface area contributed by atoms with Gasteiger partial charge in [-0.25, -0.2) is 0 Å². The van der Waals surface area contributed by atoms with Crippen molar-refractivity contribution in [2.24, 2.45) is 0 Å². The summed E-state index contributed by atoms with van der Waals surface area (Å²) in [6.45, 7) is 8.96. The average Bonchev–Trinajstić information content (AvgIpc) is 2.60. The minimum atomic E-state index is -0.826. The normalized spacial score (nSPS) is 12.8. The van der Waals surface area contributed by atoms with Gasteiger partial charge in [0.2, 0.25) is 0 Å². The van der Waals surface area contributed by atoms with Gasteiger partial charge in [-0.05, 0) is 48.4 Å². The van der Waals surface area contributed by atoms with Gasteiger partial charge in [0.15, 0.2) is 0 Å². The molecule has 0 unspecified atom stereocenters. The van der Waals surface area contributed by atoms with Crippen LogP contribution in [-0.4, -0.2) is 0 Å². The molecule has 1 aromatic rings. The van der Waals surface area contributed by atoms with Gasteiger partial charge < -0.3 is 0 Å². The Balaban J connectivity index is 0.000000437. The monoisotopic (exact) mass is 346 g/mol. The average molecular weight is 348 g/mol. The maximum atomic E-state index is 4.93. The zero-order valence-corrected chi connectivity index (χ0v) is 14.7. The van der Waals surface area contributed by atoms with E-state index in [1.165, 1.54) is 27.8 Å². The Kier molecular flexibility index (Phi) is 6.48. The van der Waals surface area contributed by atoms with E-state index in [1.807, 2.05) is 0 Å². The molecule has 0 radical (unpaired) electrons. The first-order chi connectivity index (χ1) is 7.99. The molecule has 92 valence electrons. The predicted octanol–water partition coefficient (Wildman–Crippen LogP) is 5.45. The number of rotatable bonds is 1. The standard InChI is InChI=1S/C14H18.2ClH.Zr/c1-9(2)12-7-11(4)14-6-10(3)5-13(14)8-12;;;/h6-9H,5H2,1-4H3;2*1H;/q;;;+2/p-2. The molecule has 0 aromatic heterocycles. The van der Waals surface area contributed by atoms with E-state index in [2.05, 4.69) is 45.9 Å². The Hall–Kier alpha value is 0.423. The zero-order valence-electron chi connectivity index (χ0n) is 10.8.